The van der Waals surface area contributed by atoms with E-state index in [1.165, 1.54) is 28.8 Å². The van der Waals surface area contributed by atoms with Gasteiger partial charge in [0.2, 0.25) is 0 Å². The standard InChI is InChI=1S/C12H12N2O4/c1-2-5-13-10-4-3-9(14(17)18)6-8(10)7-11(15)12(13)16/h3-4,6-7,15H,2,5H2,1H3. The zero-order valence-electron chi connectivity index (χ0n) is 9.79. The molecule has 18 heavy (non-hydrogen) atoms. The molecule has 0 bridgehead atoms. The molecule has 0 atom stereocenters. The fraction of sp³-hybridized carbons (Fsp3) is 0.250. The highest BCUT2D eigenvalue weighted by molar-refractivity contribution is 5.82. The summed E-state index contributed by atoms with van der Waals surface area (Å²) in [4.78, 5) is 21.9. The number of nitro groups is 1. The van der Waals surface area contributed by atoms with E-state index in [1.54, 1.807) is 0 Å². The Hall–Kier alpha value is -2.37. The number of hydrogen-bond donors (Lipinski definition) is 1. The van der Waals surface area contributed by atoms with Gasteiger partial charge in [-0.05, 0) is 18.6 Å². The van der Waals surface area contributed by atoms with Crippen molar-refractivity contribution >= 4 is 16.6 Å². The summed E-state index contributed by atoms with van der Waals surface area (Å²) < 4.78 is 1.42. The van der Waals surface area contributed by atoms with E-state index in [0.717, 1.165) is 6.42 Å². The summed E-state index contributed by atoms with van der Waals surface area (Å²) in [6.45, 7) is 2.37. The van der Waals surface area contributed by atoms with Crippen molar-refractivity contribution in [3.05, 3.63) is 44.7 Å². The molecule has 0 fully saturated rings. The molecule has 0 spiro atoms. The van der Waals surface area contributed by atoms with Gasteiger partial charge in [-0.3, -0.25) is 14.9 Å². The Morgan fingerprint density at radius 3 is 2.72 bits per heavy atom. The quantitative estimate of drug-likeness (QED) is 0.665. The summed E-state index contributed by atoms with van der Waals surface area (Å²) in [5, 5.41) is 20.7. The van der Waals surface area contributed by atoms with E-state index in [4.69, 9.17) is 0 Å². The van der Waals surface area contributed by atoms with Crippen LogP contribution in [0.2, 0.25) is 0 Å². The van der Waals surface area contributed by atoms with Gasteiger partial charge in [0.05, 0.1) is 10.4 Å². The summed E-state index contributed by atoms with van der Waals surface area (Å²) in [6.07, 6.45) is 0.732. The lowest BCUT2D eigenvalue weighted by molar-refractivity contribution is -0.384. The summed E-state index contributed by atoms with van der Waals surface area (Å²) >= 11 is 0. The molecule has 0 aliphatic rings. The van der Waals surface area contributed by atoms with Crippen LogP contribution < -0.4 is 5.56 Å². The first kappa shape index (κ1) is 12.1. The SMILES string of the molecule is CCCn1c(=O)c(O)cc2cc([N+](=O)[O-])ccc21. The molecule has 0 aliphatic carbocycles. The van der Waals surface area contributed by atoms with Crippen LogP contribution in [0.5, 0.6) is 5.75 Å². The Kier molecular flexibility index (Phi) is 3.01. The molecule has 2 rings (SSSR count). The summed E-state index contributed by atoms with van der Waals surface area (Å²) in [7, 11) is 0. The molecule has 6 nitrogen and oxygen atoms in total. The van der Waals surface area contributed by atoms with Gasteiger partial charge in [0, 0.05) is 24.1 Å². The lowest BCUT2D eigenvalue weighted by Crippen LogP contribution is -2.19. The summed E-state index contributed by atoms with van der Waals surface area (Å²) in [5.74, 6) is -0.392. The van der Waals surface area contributed by atoms with E-state index >= 15 is 0 Å². The van der Waals surface area contributed by atoms with Gasteiger partial charge in [0.15, 0.2) is 5.75 Å². The molecule has 2 aromatic rings. The molecule has 0 unspecified atom stereocenters. The van der Waals surface area contributed by atoms with E-state index < -0.39 is 16.2 Å². The number of pyridine rings is 1. The highest BCUT2D eigenvalue weighted by Gasteiger charge is 2.11. The second-order valence-corrected chi connectivity index (χ2v) is 3.99. The van der Waals surface area contributed by atoms with E-state index in [9.17, 15) is 20.0 Å². The van der Waals surface area contributed by atoms with Crippen LogP contribution >= 0.6 is 0 Å². The summed E-state index contributed by atoms with van der Waals surface area (Å²) in [5.41, 5.74) is 0.0482. The molecule has 0 aliphatic heterocycles. The van der Waals surface area contributed by atoms with Crippen molar-refractivity contribution in [2.75, 3.05) is 0 Å². The van der Waals surface area contributed by atoms with Gasteiger partial charge >= 0.3 is 0 Å². The first-order chi connectivity index (χ1) is 8.54. The van der Waals surface area contributed by atoms with Crippen LogP contribution in [0.25, 0.3) is 10.9 Å². The van der Waals surface area contributed by atoms with Crippen LogP contribution in [0.1, 0.15) is 13.3 Å². The van der Waals surface area contributed by atoms with E-state index in [1.807, 2.05) is 6.92 Å². The Labute approximate surface area is 102 Å². The topological polar surface area (TPSA) is 85.4 Å². The van der Waals surface area contributed by atoms with Gasteiger partial charge in [-0.1, -0.05) is 6.92 Å². The normalized spacial score (nSPS) is 10.7. The van der Waals surface area contributed by atoms with Crippen molar-refractivity contribution in [1.82, 2.24) is 4.57 Å². The molecule has 0 saturated heterocycles. The van der Waals surface area contributed by atoms with Crippen molar-refractivity contribution < 1.29 is 10.0 Å². The predicted octanol–water partition coefficient (Wildman–Crippen LogP) is 2.03. The smallest absolute Gasteiger partial charge is 0.293 e. The third-order valence-electron chi connectivity index (χ3n) is 2.72. The van der Waals surface area contributed by atoms with Crippen LogP contribution in [0, 0.1) is 10.1 Å². The van der Waals surface area contributed by atoms with Crippen molar-refractivity contribution in [3.63, 3.8) is 0 Å². The molecule has 0 radical (unpaired) electrons. The Morgan fingerprint density at radius 2 is 2.11 bits per heavy atom. The number of nitro benzene ring substituents is 1. The second-order valence-electron chi connectivity index (χ2n) is 3.99. The molecule has 0 saturated carbocycles. The highest BCUT2D eigenvalue weighted by Crippen LogP contribution is 2.22. The second kappa shape index (κ2) is 4.48. The monoisotopic (exact) mass is 248 g/mol. The number of rotatable bonds is 3. The number of aromatic hydroxyl groups is 1. The minimum absolute atomic E-state index is 0.0661. The number of fused-ring (bicyclic) bond motifs is 1. The third-order valence-corrected chi connectivity index (χ3v) is 2.72. The fourth-order valence-corrected chi connectivity index (χ4v) is 1.92. The van der Waals surface area contributed by atoms with Crippen LogP contribution in [0.4, 0.5) is 5.69 Å². The molecule has 0 amide bonds. The maximum atomic E-state index is 11.8. The number of aryl methyl sites for hydroxylation is 1. The molecular formula is C12H12N2O4. The van der Waals surface area contributed by atoms with Crippen molar-refractivity contribution in [3.8, 4) is 5.75 Å². The number of hydrogen-bond acceptors (Lipinski definition) is 4. The number of benzene rings is 1. The first-order valence-electron chi connectivity index (χ1n) is 5.55. The average Bonchev–Trinajstić information content (AvgIpc) is 2.34. The van der Waals surface area contributed by atoms with Crippen LogP contribution in [0.3, 0.4) is 0 Å². The highest BCUT2D eigenvalue weighted by atomic mass is 16.6. The van der Waals surface area contributed by atoms with Gasteiger partial charge < -0.3 is 9.67 Å². The fourth-order valence-electron chi connectivity index (χ4n) is 1.92. The molecular weight excluding hydrogens is 236 g/mol. The van der Waals surface area contributed by atoms with Gasteiger partial charge in [-0.15, -0.1) is 0 Å². The van der Waals surface area contributed by atoms with E-state index in [2.05, 4.69) is 0 Å². The van der Waals surface area contributed by atoms with Crippen LogP contribution in [0.15, 0.2) is 29.1 Å². The Balaban J connectivity index is 2.78. The van der Waals surface area contributed by atoms with Crippen molar-refractivity contribution in [2.24, 2.45) is 0 Å². The first-order valence-corrected chi connectivity index (χ1v) is 5.55. The lowest BCUT2D eigenvalue weighted by atomic mass is 10.2. The lowest BCUT2D eigenvalue weighted by Gasteiger charge is -2.09. The zero-order chi connectivity index (χ0) is 13.3. The Bertz CT molecular complexity index is 676. The molecule has 1 heterocycles. The average molecular weight is 248 g/mol. The predicted molar refractivity (Wildman–Crippen MR) is 66.8 cm³/mol. The number of nitrogens with zero attached hydrogens (tertiary/aromatic N) is 2. The Morgan fingerprint density at radius 1 is 1.39 bits per heavy atom. The largest absolute Gasteiger partial charge is 0.503 e. The van der Waals surface area contributed by atoms with Crippen LogP contribution in [-0.2, 0) is 6.54 Å². The van der Waals surface area contributed by atoms with E-state index in [0.29, 0.717) is 17.4 Å². The maximum absolute atomic E-state index is 11.8. The molecule has 94 valence electrons. The third kappa shape index (κ3) is 1.92. The van der Waals surface area contributed by atoms with Crippen molar-refractivity contribution in [1.29, 1.82) is 0 Å². The molecule has 6 heteroatoms. The van der Waals surface area contributed by atoms with Crippen molar-refractivity contribution in [2.45, 2.75) is 19.9 Å². The minimum Gasteiger partial charge on any atom is -0.503 e. The van der Waals surface area contributed by atoms with Crippen LogP contribution in [-0.4, -0.2) is 14.6 Å². The van der Waals surface area contributed by atoms with Gasteiger partial charge in [-0.25, -0.2) is 0 Å². The zero-order valence-corrected chi connectivity index (χ0v) is 9.79. The van der Waals surface area contributed by atoms with Gasteiger partial charge in [0.25, 0.3) is 11.2 Å². The summed E-state index contributed by atoms with van der Waals surface area (Å²) in [6, 6.07) is 5.49. The molecule has 1 N–H and O–H groups in total. The number of aromatic nitrogens is 1. The molecule has 1 aromatic heterocycles. The minimum atomic E-state index is -0.508. The van der Waals surface area contributed by atoms with Gasteiger partial charge in [-0.2, -0.15) is 0 Å². The van der Waals surface area contributed by atoms with Gasteiger partial charge in [0.1, 0.15) is 0 Å². The molecule has 1 aromatic carbocycles. The number of non-ortho nitro benzene ring substituents is 1. The van der Waals surface area contributed by atoms with E-state index in [-0.39, 0.29) is 5.69 Å². The maximum Gasteiger partial charge on any atom is 0.293 e.